The Kier molecular flexibility index (Phi) is 5.70. The second kappa shape index (κ2) is 7.82. The Morgan fingerprint density at radius 3 is 2.65 bits per heavy atom. The number of rotatable bonds is 5. The maximum atomic E-state index is 12.4. The van der Waals surface area contributed by atoms with E-state index in [-0.39, 0.29) is 16.7 Å². The molecule has 1 fully saturated rings. The Morgan fingerprint density at radius 2 is 2.04 bits per heavy atom. The van der Waals surface area contributed by atoms with Crippen molar-refractivity contribution in [1.29, 1.82) is 0 Å². The number of carbonyl (C=O) groups is 1. The van der Waals surface area contributed by atoms with Crippen LogP contribution in [0.5, 0.6) is 0 Å². The Bertz CT molecular complexity index is 873. The topological polar surface area (TPSA) is 79.6 Å². The minimum atomic E-state index is -3.59. The first-order chi connectivity index (χ1) is 12.4. The normalized spacial score (nSPS) is 16.0. The fourth-order valence-corrected chi connectivity index (χ4v) is 4.35. The summed E-state index contributed by atoms with van der Waals surface area (Å²) in [4.78, 5) is 14.2. The molecule has 1 aromatic heterocycles. The Hall–Kier alpha value is -1.83. The van der Waals surface area contributed by atoms with Crippen LogP contribution in [0.25, 0.3) is 0 Å². The number of amides is 1. The molecule has 1 aliphatic rings. The predicted octanol–water partition coefficient (Wildman–Crippen LogP) is 3.07. The first-order valence-electron chi connectivity index (χ1n) is 8.44. The number of carbonyl (C=O) groups excluding carboxylic acids is 1. The lowest BCUT2D eigenvalue weighted by Gasteiger charge is -2.31. The summed E-state index contributed by atoms with van der Waals surface area (Å²) in [6.07, 6.45) is 4.42. The molecule has 8 heteroatoms. The summed E-state index contributed by atoms with van der Waals surface area (Å²) in [6.45, 7) is 3.38. The number of likely N-dealkylation sites (tertiary alicyclic amines) is 1. The number of piperidine rings is 1. The molecule has 140 valence electrons. The Balaban J connectivity index is 1.53. The summed E-state index contributed by atoms with van der Waals surface area (Å²) in [5, 5.41) is 0.430. The highest BCUT2D eigenvalue weighted by Crippen LogP contribution is 2.22. The van der Waals surface area contributed by atoms with Gasteiger partial charge in [0.05, 0.1) is 16.7 Å². The highest BCUT2D eigenvalue weighted by atomic mass is 35.5. The molecule has 26 heavy (non-hydrogen) atoms. The zero-order valence-electron chi connectivity index (χ0n) is 14.4. The molecule has 0 unspecified atom stereocenters. The maximum absolute atomic E-state index is 12.4. The van der Waals surface area contributed by atoms with Crippen LogP contribution in [0, 0.1) is 12.8 Å². The average Bonchev–Trinajstić information content (AvgIpc) is 3.17. The zero-order chi connectivity index (χ0) is 18.7. The summed E-state index contributed by atoms with van der Waals surface area (Å²) in [5.41, 5.74) is 1.38. The van der Waals surface area contributed by atoms with Crippen molar-refractivity contribution < 1.29 is 17.6 Å². The number of sulfonamides is 1. The van der Waals surface area contributed by atoms with E-state index in [1.807, 2.05) is 6.92 Å². The van der Waals surface area contributed by atoms with E-state index in [9.17, 15) is 13.2 Å². The second-order valence-corrected chi connectivity index (χ2v) is 8.68. The van der Waals surface area contributed by atoms with Crippen molar-refractivity contribution in [2.45, 2.75) is 24.7 Å². The van der Waals surface area contributed by atoms with Crippen molar-refractivity contribution in [3.05, 3.63) is 52.9 Å². The van der Waals surface area contributed by atoms with E-state index >= 15 is 0 Å². The smallest absolute Gasteiger partial charge is 0.257 e. The maximum Gasteiger partial charge on any atom is 0.257 e. The number of benzene rings is 1. The largest absolute Gasteiger partial charge is 0.472 e. The highest BCUT2D eigenvalue weighted by Gasteiger charge is 2.25. The van der Waals surface area contributed by atoms with E-state index in [1.165, 1.54) is 18.6 Å². The lowest BCUT2D eigenvalue weighted by Crippen LogP contribution is -2.41. The molecule has 2 aromatic rings. The van der Waals surface area contributed by atoms with E-state index in [0.29, 0.717) is 30.2 Å². The molecule has 1 aromatic carbocycles. The Morgan fingerprint density at radius 1 is 1.31 bits per heavy atom. The molecule has 1 aliphatic heterocycles. The van der Waals surface area contributed by atoms with Crippen molar-refractivity contribution in [2.24, 2.45) is 5.92 Å². The van der Waals surface area contributed by atoms with Gasteiger partial charge in [-0.1, -0.05) is 17.7 Å². The van der Waals surface area contributed by atoms with Crippen LogP contribution in [-0.4, -0.2) is 38.9 Å². The van der Waals surface area contributed by atoms with Gasteiger partial charge in [-0.2, -0.15) is 0 Å². The van der Waals surface area contributed by atoms with Crippen LogP contribution in [0.15, 0.2) is 46.1 Å². The number of halogens is 1. The molecular weight excluding hydrogens is 376 g/mol. The average molecular weight is 397 g/mol. The van der Waals surface area contributed by atoms with Crippen molar-refractivity contribution >= 4 is 27.5 Å². The molecule has 1 saturated heterocycles. The lowest BCUT2D eigenvalue weighted by atomic mass is 9.97. The molecule has 0 saturated carbocycles. The molecule has 1 N–H and O–H groups in total. The van der Waals surface area contributed by atoms with Gasteiger partial charge in [-0.3, -0.25) is 4.79 Å². The number of furan rings is 1. The van der Waals surface area contributed by atoms with Crippen LogP contribution in [0.4, 0.5) is 0 Å². The standard InChI is InChI=1S/C18H21ClN2O4S/c1-13-2-3-16(10-17(13)19)26(23,24)20-11-14-4-7-21(8-5-14)18(22)15-6-9-25-12-15/h2-3,6,9-10,12,14,20H,4-5,7-8,11H2,1H3. The third kappa shape index (κ3) is 4.28. The van der Waals surface area contributed by atoms with E-state index in [4.69, 9.17) is 16.0 Å². The van der Waals surface area contributed by atoms with Crippen molar-refractivity contribution in [3.8, 4) is 0 Å². The second-order valence-electron chi connectivity index (χ2n) is 6.51. The van der Waals surface area contributed by atoms with Gasteiger partial charge in [0.2, 0.25) is 10.0 Å². The predicted molar refractivity (Wildman–Crippen MR) is 98.7 cm³/mol. The van der Waals surface area contributed by atoms with Crippen LogP contribution < -0.4 is 4.72 Å². The third-order valence-corrected chi connectivity index (χ3v) is 6.51. The van der Waals surface area contributed by atoms with Gasteiger partial charge in [-0.05, 0) is 49.4 Å². The number of hydrogen-bond acceptors (Lipinski definition) is 4. The number of hydrogen-bond donors (Lipinski definition) is 1. The van der Waals surface area contributed by atoms with Gasteiger partial charge in [0.25, 0.3) is 5.91 Å². The van der Waals surface area contributed by atoms with Gasteiger partial charge in [0, 0.05) is 24.7 Å². The van der Waals surface area contributed by atoms with Crippen molar-refractivity contribution in [1.82, 2.24) is 9.62 Å². The summed E-state index contributed by atoms with van der Waals surface area (Å²) in [6, 6.07) is 6.35. The van der Waals surface area contributed by atoms with Gasteiger partial charge in [-0.15, -0.1) is 0 Å². The number of nitrogens with zero attached hydrogens (tertiary/aromatic N) is 1. The number of aryl methyl sites for hydroxylation is 1. The molecule has 0 spiro atoms. The quantitative estimate of drug-likeness (QED) is 0.842. The van der Waals surface area contributed by atoms with Gasteiger partial charge < -0.3 is 9.32 Å². The van der Waals surface area contributed by atoms with Gasteiger partial charge >= 0.3 is 0 Å². The minimum Gasteiger partial charge on any atom is -0.472 e. The van der Waals surface area contributed by atoms with Crippen LogP contribution in [-0.2, 0) is 10.0 Å². The third-order valence-electron chi connectivity index (χ3n) is 4.69. The van der Waals surface area contributed by atoms with Crippen molar-refractivity contribution in [3.63, 3.8) is 0 Å². The van der Waals surface area contributed by atoms with E-state index in [0.717, 1.165) is 18.4 Å². The van der Waals surface area contributed by atoms with Gasteiger partial charge in [0.1, 0.15) is 6.26 Å². The van der Waals surface area contributed by atoms with E-state index in [1.54, 1.807) is 23.1 Å². The SMILES string of the molecule is Cc1ccc(S(=O)(=O)NCC2CCN(C(=O)c3ccoc3)CC2)cc1Cl. The summed E-state index contributed by atoms with van der Waals surface area (Å²) < 4.78 is 32.4. The molecule has 0 radical (unpaired) electrons. The van der Waals surface area contributed by atoms with Crippen LogP contribution in [0.3, 0.4) is 0 Å². The number of nitrogens with one attached hydrogen (secondary N) is 1. The van der Waals surface area contributed by atoms with Gasteiger partial charge in [-0.25, -0.2) is 13.1 Å². The van der Waals surface area contributed by atoms with Crippen LogP contribution >= 0.6 is 11.6 Å². The van der Waals surface area contributed by atoms with E-state index in [2.05, 4.69) is 4.72 Å². The fraction of sp³-hybridized carbons (Fsp3) is 0.389. The summed E-state index contributed by atoms with van der Waals surface area (Å²) in [5.74, 6) is 0.145. The zero-order valence-corrected chi connectivity index (χ0v) is 16.0. The minimum absolute atomic E-state index is 0.0490. The first kappa shape index (κ1) is 18.9. The lowest BCUT2D eigenvalue weighted by molar-refractivity contribution is 0.0691. The van der Waals surface area contributed by atoms with Crippen molar-refractivity contribution in [2.75, 3.05) is 19.6 Å². The van der Waals surface area contributed by atoms with Gasteiger partial charge in [0.15, 0.2) is 0 Å². The molecule has 3 rings (SSSR count). The first-order valence-corrected chi connectivity index (χ1v) is 10.3. The molecule has 0 atom stereocenters. The van der Waals surface area contributed by atoms with E-state index < -0.39 is 10.0 Å². The summed E-state index contributed by atoms with van der Waals surface area (Å²) in [7, 11) is -3.59. The highest BCUT2D eigenvalue weighted by molar-refractivity contribution is 7.89. The Labute approximate surface area is 158 Å². The molecule has 2 heterocycles. The van der Waals surface area contributed by atoms with Crippen LogP contribution in [0.2, 0.25) is 5.02 Å². The summed E-state index contributed by atoms with van der Waals surface area (Å²) >= 11 is 6.02. The molecule has 0 aliphatic carbocycles. The fourth-order valence-electron chi connectivity index (χ4n) is 2.96. The molecule has 6 nitrogen and oxygen atoms in total. The molecule has 0 bridgehead atoms. The molecule has 1 amide bonds. The van der Waals surface area contributed by atoms with Crippen LogP contribution in [0.1, 0.15) is 28.8 Å². The molecular formula is C18H21ClN2O4S. The monoisotopic (exact) mass is 396 g/mol.